The highest BCUT2D eigenvalue weighted by molar-refractivity contribution is 9.10. The molecule has 0 aliphatic carbocycles. The highest BCUT2D eigenvalue weighted by Crippen LogP contribution is 2.25. The molecule has 0 unspecified atom stereocenters. The van der Waals surface area contributed by atoms with Crippen molar-refractivity contribution < 1.29 is 9.53 Å². The summed E-state index contributed by atoms with van der Waals surface area (Å²) in [6.07, 6.45) is 1.62. The topological polar surface area (TPSA) is 26.3 Å². The Labute approximate surface area is 98.1 Å². The number of methoxy groups -OCH3 is 1. The number of carbonyl (C=O) groups is 1. The van der Waals surface area contributed by atoms with Crippen molar-refractivity contribution in [2.45, 2.75) is 13.8 Å². The molecule has 0 heterocycles. The van der Waals surface area contributed by atoms with Crippen LogP contribution in [0.3, 0.4) is 0 Å². The molecule has 0 N–H and O–H groups in total. The van der Waals surface area contributed by atoms with Crippen molar-refractivity contribution in [1.82, 2.24) is 0 Å². The molecule has 0 spiro atoms. The number of hydrogen-bond acceptors (Lipinski definition) is 2. The maximum Gasteiger partial charge on any atom is 0.185 e. The highest BCUT2D eigenvalue weighted by Gasteiger charge is 2.06. The van der Waals surface area contributed by atoms with E-state index in [9.17, 15) is 4.79 Å². The maximum atomic E-state index is 11.7. The second kappa shape index (κ2) is 5.12. The first-order chi connectivity index (χ1) is 7.04. The van der Waals surface area contributed by atoms with Crippen LogP contribution in [0.25, 0.3) is 0 Å². The minimum atomic E-state index is 0.0124. The number of ketones is 1. The van der Waals surface area contributed by atoms with E-state index in [4.69, 9.17) is 4.74 Å². The monoisotopic (exact) mass is 268 g/mol. The Balaban J connectivity index is 3.03. The van der Waals surface area contributed by atoms with E-state index in [0.717, 1.165) is 15.8 Å². The van der Waals surface area contributed by atoms with Gasteiger partial charge in [0.05, 0.1) is 11.6 Å². The summed E-state index contributed by atoms with van der Waals surface area (Å²) in [6, 6.07) is 5.29. The van der Waals surface area contributed by atoms with Gasteiger partial charge in [-0.3, -0.25) is 4.79 Å². The van der Waals surface area contributed by atoms with E-state index in [2.05, 4.69) is 15.9 Å². The number of carbonyl (C=O) groups excluding carboxylic acids is 1. The quantitative estimate of drug-likeness (QED) is 0.619. The van der Waals surface area contributed by atoms with Crippen LogP contribution in [0.2, 0.25) is 0 Å². The fourth-order valence-corrected chi connectivity index (χ4v) is 1.71. The van der Waals surface area contributed by atoms with Crippen molar-refractivity contribution in [3.8, 4) is 5.75 Å². The number of halogens is 1. The predicted octanol–water partition coefficient (Wildman–Crippen LogP) is 3.61. The van der Waals surface area contributed by atoms with Crippen LogP contribution in [0.5, 0.6) is 5.75 Å². The summed E-state index contributed by atoms with van der Waals surface area (Å²) in [6.45, 7) is 3.80. The molecule has 0 saturated carbocycles. The van der Waals surface area contributed by atoms with Crippen molar-refractivity contribution in [1.29, 1.82) is 0 Å². The van der Waals surface area contributed by atoms with Crippen LogP contribution in [0, 0.1) is 0 Å². The Bertz CT molecular complexity index is 404. The van der Waals surface area contributed by atoms with E-state index in [1.54, 1.807) is 31.4 Å². The number of hydrogen-bond donors (Lipinski definition) is 0. The van der Waals surface area contributed by atoms with Gasteiger partial charge in [-0.2, -0.15) is 0 Å². The molecule has 0 aliphatic heterocycles. The third-order valence-electron chi connectivity index (χ3n) is 1.86. The second-order valence-electron chi connectivity index (χ2n) is 3.44. The van der Waals surface area contributed by atoms with Crippen molar-refractivity contribution in [3.05, 3.63) is 39.9 Å². The average molecular weight is 269 g/mol. The van der Waals surface area contributed by atoms with Gasteiger partial charge in [-0.1, -0.05) is 5.57 Å². The van der Waals surface area contributed by atoms with Crippen LogP contribution in [-0.4, -0.2) is 12.9 Å². The lowest BCUT2D eigenvalue weighted by atomic mass is 10.1. The molecule has 0 aromatic heterocycles. The minimum absolute atomic E-state index is 0.0124. The summed E-state index contributed by atoms with van der Waals surface area (Å²) in [5.41, 5.74) is 1.65. The molecular formula is C12H13BrO2. The van der Waals surface area contributed by atoms with Crippen molar-refractivity contribution >= 4 is 21.7 Å². The fourth-order valence-electron chi connectivity index (χ4n) is 1.17. The van der Waals surface area contributed by atoms with Crippen molar-refractivity contribution in [3.63, 3.8) is 0 Å². The second-order valence-corrected chi connectivity index (χ2v) is 4.29. The Kier molecular flexibility index (Phi) is 4.09. The average Bonchev–Trinajstić information content (AvgIpc) is 2.16. The van der Waals surface area contributed by atoms with E-state index >= 15 is 0 Å². The predicted molar refractivity (Wildman–Crippen MR) is 64.5 cm³/mol. The van der Waals surface area contributed by atoms with E-state index in [-0.39, 0.29) is 5.78 Å². The van der Waals surface area contributed by atoms with Crippen LogP contribution in [0.4, 0.5) is 0 Å². The summed E-state index contributed by atoms with van der Waals surface area (Å²) >= 11 is 3.34. The van der Waals surface area contributed by atoms with Gasteiger partial charge in [-0.15, -0.1) is 0 Å². The van der Waals surface area contributed by atoms with Gasteiger partial charge in [-0.25, -0.2) is 0 Å². The Hall–Kier alpha value is -1.09. The number of allylic oxidation sites excluding steroid dienone is 2. The lowest BCUT2D eigenvalue weighted by Crippen LogP contribution is -1.96. The molecule has 1 aromatic carbocycles. The summed E-state index contributed by atoms with van der Waals surface area (Å²) < 4.78 is 5.88. The van der Waals surface area contributed by atoms with E-state index < -0.39 is 0 Å². The van der Waals surface area contributed by atoms with Gasteiger partial charge in [-0.05, 0) is 54.1 Å². The largest absolute Gasteiger partial charge is 0.496 e. The zero-order valence-corrected chi connectivity index (χ0v) is 10.6. The fraction of sp³-hybridized carbons (Fsp3) is 0.250. The highest BCUT2D eigenvalue weighted by atomic mass is 79.9. The SMILES string of the molecule is COc1ccc(C(=O)C=C(C)C)cc1Br. The van der Waals surface area contributed by atoms with E-state index in [1.807, 2.05) is 13.8 Å². The molecule has 0 atom stereocenters. The molecule has 0 amide bonds. The van der Waals surface area contributed by atoms with Crippen LogP contribution >= 0.6 is 15.9 Å². The lowest BCUT2D eigenvalue weighted by Gasteiger charge is -2.04. The molecule has 15 heavy (non-hydrogen) atoms. The van der Waals surface area contributed by atoms with Crippen LogP contribution in [0.1, 0.15) is 24.2 Å². The minimum Gasteiger partial charge on any atom is -0.496 e. The molecule has 0 fully saturated rings. The molecule has 1 rings (SSSR count). The van der Waals surface area contributed by atoms with Gasteiger partial charge >= 0.3 is 0 Å². The molecule has 0 aliphatic rings. The Morgan fingerprint density at radius 3 is 2.53 bits per heavy atom. The smallest absolute Gasteiger partial charge is 0.185 e. The zero-order valence-electron chi connectivity index (χ0n) is 9.00. The molecular weight excluding hydrogens is 256 g/mol. The van der Waals surface area contributed by atoms with E-state index in [1.165, 1.54) is 0 Å². The zero-order chi connectivity index (χ0) is 11.4. The van der Waals surface area contributed by atoms with Gasteiger partial charge in [0.15, 0.2) is 5.78 Å². The third kappa shape index (κ3) is 3.20. The maximum absolute atomic E-state index is 11.7. The van der Waals surface area contributed by atoms with Gasteiger partial charge in [0.1, 0.15) is 5.75 Å². The van der Waals surface area contributed by atoms with Crippen molar-refractivity contribution in [2.24, 2.45) is 0 Å². The Morgan fingerprint density at radius 2 is 2.07 bits per heavy atom. The lowest BCUT2D eigenvalue weighted by molar-refractivity contribution is 0.104. The first-order valence-electron chi connectivity index (χ1n) is 4.57. The number of ether oxygens (including phenoxy) is 1. The molecule has 80 valence electrons. The number of benzene rings is 1. The molecule has 2 nitrogen and oxygen atoms in total. The van der Waals surface area contributed by atoms with Crippen LogP contribution < -0.4 is 4.74 Å². The van der Waals surface area contributed by atoms with E-state index in [0.29, 0.717) is 5.56 Å². The van der Waals surface area contributed by atoms with Gasteiger partial charge in [0.25, 0.3) is 0 Å². The van der Waals surface area contributed by atoms with Gasteiger partial charge < -0.3 is 4.74 Å². The molecule has 0 bridgehead atoms. The van der Waals surface area contributed by atoms with Crippen LogP contribution in [0.15, 0.2) is 34.3 Å². The summed E-state index contributed by atoms with van der Waals surface area (Å²) in [5, 5.41) is 0. The molecule has 0 radical (unpaired) electrons. The van der Waals surface area contributed by atoms with Gasteiger partial charge in [0, 0.05) is 5.56 Å². The van der Waals surface area contributed by atoms with Gasteiger partial charge in [0.2, 0.25) is 0 Å². The van der Waals surface area contributed by atoms with Crippen molar-refractivity contribution in [2.75, 3.05) is 7.11 Å². The standard InChI is InChI=1S/C12H13BrO2/c1-8(2)6-11(14)9-4-5-12(15-3)10(13)7-9/h4-7H,1-3H3. The summed E-state index contributed by atoms with van der Waals surface area (Å²) in [4.78, 5) is 11.7. The summed E-state index contributed by atoms with van der Waals surface area (Å²) in [5.74, 6) is 0.738. The first kappa shape index (κ1) is 12.0. The first-order valence-corrected chi connectivity index (χ1v) is 5.36. The summed E-state index contributed by atoms with van der Waals surface area (Å²) in [7, 11) is 1.59. The van der Waals surface area contributed by atoms with Crippen LogP contribution in [-0.2, 0) is 0 Å². The Morgan fingerprint density at radius 1 is 1.40 bits per heavy atom. The third-order valence-corrected chi connectivity index (χ3v) is 2.48. The number of rotatable bonds is 3. The molecule has 1 aromatic rings. The molecule has 0 saturated heterocycles. The normalized spacial score (nSPS) is 9.60. The molecule has 3 heteroatoms.